The maximum Gasteiger partial charge on any atom is 0.410 e. The number of hydrogen-bond acceptors (Lipinski definition) is 5. The molecule has 1 unspecified atom stereocenters. The van der Waals surface area contributed by atoms with Gasteiger partial charge < -0.3 is 14.4 Å². The Morgan fingerprint density at radius 1 is 1.14 bits per heavy atom. The van der Waals surface area contributed by atoms with Crippen molar-refractivity contribution in [1.29, 1.82) is 0 Å². The van der Waals surface area contributed by atoms with Crippen LogP contribution in [0.3, 0.4) is 0 Å². The number of rotatable bonds is 5. The number of amides is 1. The summed E-state index contributed by atoms with van der Waals surface area (Å²) in [7, 11) is 0. The number of hydrogen-bond donors (Lipinski definition) is 0. The highest BCUT2D eigenvalue weighted by molar-refractivity contribution is 9.10. The molecule has 1 aliphatic rings. The fourth-order valence-corrected chi connectivity index (χ4v) is 4.98. The van der Waals surface area contributed by atoms with Gasteiger partial charge in [-0.3, -0.25) is 9.97 Å². The van der Waals surface area contributed by atoms with E-state index < -0.39 is 5.60 Å². The highest BCUT2D eigenvalue weighted by Gasteiger charge is 2.39. The van der Waals surface area contributed by atoms with Crippen LogP contribution in [0, 0.1) is 5.82 Å². The lowest BCUT2D eigenvalue weighted by molar-refractivity contribution is -0.00934. The summed E-state index contributed by atoms with van der Waals surface area (Å²) in [4.78, 5) is 23.3. The van der Waals surface area contributed by atoms with Crippen molar-refractivity contribution in [2.75, 3.05) is 19.7 Å². The first-order chi connectivity index (χ1) is 16.6. The average molecular weight is 544 g/mol. The standard InChI is InChI=1S/C27H31BrFN3O3/c1-18(22-15-20(28)16-23-24(22)31-12-11-30-23)34-17-27(19-5-7-21(29)8-6-19)9-13-32(14-10-27)25(33)35-26(2,3)4/h5-8,11-12,15-16,18H,9-10,13-14,17H2,1-4H3. The summed E-state index contributed by atoms with van der Waals surface area (Å²) in [5.41, 5.74) is 2.66. The first-order valence-corrected chi connectivity index (χ1v) is 12.6. The minimum Gasteiger partial charge on any atom is -0.444 e. The van der Waals surface area contributed by atoms with Crippen LogP contribution < -0.4 is 0 Å². The molecule has 4 rings (SSSR count). The maximum absolute atomic E-state index is 13.7. The average Bonchev–Trinajstić information content (AvgIpc) is 2.81. The van der Waals surface area contributed by atoms with E-state index >= 15 is 0 Å². The molecule has 0 radical (unpaired) electrons. The first-order valence-electron chi connectivity index (χ1n) is 11.8. The predicted molar refractivity (Wildman–Crippen MR) is 137 cm³/mol. The zero-order valence-corrected chi connectivity index (χ0v) is 22.1. The number of ether oxygens (including phenoxy) is 2. The van der Waals surface area contributed by atoms with Gasteiger partial charge in [-0.2, -0.15) is 0 Å². The molecule has 0 spiro atoms. The Kier molecular flexibility index (Phi) is 7.43. The van der Waals surface area contributed by atoms with Crippen molar-refractivity contribution in [3.8, 4) is 0 Å². The van der Waals surface area contributed by atoms with E-state index in [1.165, 1.54) is 12.1 Å². The molecule has 186 valence electrons. The van der Waals surface area contributed by atoms with E-state index in [2.05, 4.69) is 25.9 Å². The minimum absolute atomic E-state index is 0.243. The molecule has 8 heteroatoms. The summed E-state index contributed by atoms with van der Waals surface area (Å²) in [6, 6.07) is 10.6. The second-order valence-electron chi connectivity index (χ2n) is 10.1. The van der Waals surface area contributed by atoms with Crippen LogP contribution in [0.1, 0.15) is 57.8 Å². The van der Waals surface area contributed by atoms with Crippen molar-refractivity contribution >= 4 is 33.1 Å². The second kappa shape index (κ2) is 10.2. The van der Waals surface area contributed by atoms with Crippen LogP contribution in [-0.2, 0) is 14.9 Å². The number of aromatic nitrogens is 2. The van der Waals surface area contributed by atoms with Gasteiger partial charge >= 0.3 is 6.09 Å². The number of carbonyl (C=O) groups is 1. The molecule has 2 heterocycles. The Balaban J connectivity index is 1.55. The molecule has 1 saturated heterocycles. The number of piperidine rings is 1. The van der Waals surface area contributed by atoms with Crippen LogP contribution in [0.4, 0.5) is 9.18 Å². The minimum atomic E-state index is -0.545. The molecule has 2 aromatic carbocycles. The van der Waals surface area contributed by atoms with E-state index in [4.69, 9.17) is 9.47 Å². The van der Waals surface area contributed by atoms with E-state index in [1.807, 2.05) is 52.0 Å². The zero-order valence-electron chi connectivity index (χ0n) is 20.6. The van der Waals surface area contributed by atoms with Crippen molar-refractivity contribution in [2.24, 2.45) is 0 Å². The van der Waals surface area contributed by atoms with Gasteiger partial charge in [-0.15, -0.1) is 0 Å². The van der Waals surface area contributed by atoms with Crippen LogP contribution in [0.2, 0.25) is 0 Å². The summed E-state index contributed by atoms with van der Waals surface area (Å²) in [6.07, 6.45) is 4.17. The Bertz CT molecular complexity index is 1190. The van der Waals surface area contributed by atoms with Crippen molar-refractivity contribution in [3.63, 3.8) is 0 Å². The molecule has 1 aromatic heterocycles. The fourth-order valence-electron chi connectivity index (χ4n) is 4.51. The second-order valence-corrected chi connectivity index (χ2v) is 11.0. The Morgan fingerprint density at radius 2 is 1.80 bits per heavy atom. The van der Waals surface area contributed by atoms with Crippen LogP contribution in [-0.4, -0.2) is 46.3 Å². The number of nitrogens with zero attached hydrogens (tertiary/aromatic N) is 3. The van der Waals surface area contributed by atoms with Crippen LogP contribution in [0.25, 0.3) is 11.0 Å². The summed E-state index contributed by atoms with van der Waals surface area (Å²) in [5, 5.41) is 0. The topological polar surface area (TPSA) is 64.5 Å². The van der Waals surface area contributed by atoms with Gasteiger partial charge in [0.1, 0.15) is 11.4 Å². The third kappa shape index (κ3) is 5.98. The van der Waals surface area contributed by atoms with Gasteiger partial charge in [-0.05, 0) is 70.4 Å². The van der Waals surface area contributed by atoms with Gasteiger partial charge in [0.15, 0.2) is 0 Å². The number of likely N-dealkylation sites (tertiary alicyclic amines) is 1. The number of carbonyl (C=O) groups excluding carboxylic acids is 1. The lowest BCUT2D eigenvalue weighted by atomic mass is 9.73. The van der Waals surface area contributed by atoms with Crippen molar-refractivity contribution in [2.45, 2.75) is 57.7 Å². The predicted octanol–water partition coefficient (Wildman–Crippen LogP) is 6.58. The summed E-state index contributed by atoms with van der Waals surface area (Å²) < 4.78 is 26.7. The number of fused-ring (bicyclic) bond motifs is 1. The molecule has 0 bridgehead atoms. The molecule has 1 atom stereocenters. The molecule has 0 aliphatic carbocycles. The van der Waals surface area contributed by atoms with Crippen molar-refractivity contribution in [3.05, 3.63) is 70.2 Å². The normalized spacial score (nSPS) is 16.8. The Morgan fingerprint density at radius 3 is 2.46 bits per heavy atom. The van der Waals surface area contributed by atoms with Crippen molar-refractivity contribution < 1.29 is 18.7 Å². The van der Waals surface area contributed by atoms with Crippen molar-refractivity contribution in [1.82, 2.24) is 14.9 Å². The molecule has 0 N–H and O–H groups in total. The van der Waals surface area contributed by atoms with Crippen LogP contribution >= 0.6 is 15.9 Å². The smallest absolute Gasteiger partial charge is 0.410 e. The molecular weight excluding hydrogens is 513 g/mol. The SMILES string of the molecule is CC(OCC1(c2ccc(F)cc2)CCN(C(=O)OC(C)(C)C)CC1)c1cc(Br)cc2nccnc12. The van der Waals surface area contributed by atoms with Gasteiger partial charge in [-0.1, -0.05) is 28.1 Å². The van der Waals surface area contributed by atoms with E-state index in [-0.39, 0.29) is 23.4 Å². The third-order valence-corrected chi connectivity index (χ3v) is 6.90. The summed E-state index contributed by atoms with van der Waals surface area (Å²) in [6.45, 7) is 9.10. The third-order valence-electron chi connectivity index (χ3n) is 6.44. The molecule has 6 nitrogen and oxygen atoms in total. The molecule has 1 aliphatic heterocycles. The molecule has 35 heavy (non-hydrogen) atoms. The monoisotopic (exact) mass is 543 g/mol. The van der Waals surface area contributed by atoms with E-state index in [0.717, 1.165) is 26.6 Å². The van der Waals surface area contributed by atoms with Crippen LogP contribution in [0.15, 0.2) is 53.3 Å². The highest BCUT2D eigenvalue weighted by Crippen LogP contribution is 2.38. The number of halogens is 2. The molecule has 1 amide bonds. The lowest BCUT2D eigenvalue weighted by Crippen LogP contribution is -2.48. The molecule has 3 aromatic rings. The highest BCUT2D eigenvalue weighted by atomic mass is 79.9. The van der Waals surface area contributed by atoms with E-state index in [1.54, 1.807) is 17.3 Å². The maximum atomic E-state index is 13.7. The van der Waals surface area contributed by atoms with Gasteiger partial charge in [-0.25, -0.2) is 9.18 Å². The zero-order chi connectivity index (χ0) is 25.2. The lowest BCUT2D eigenvalue weighted by Gasteiger charge is -2.42. The largest absolute Gasteiger partial charge is 0.444 e. The fraction of sp³-hybridized carbons (Fsp3) is 0.444. The number of benzene rings is 2. The van der Waals surface area contributed by atoms with Gasteiger partial charge in [0.25, 0.3) is 0 Å². The summed E-state index contributed by atoms with van der Waals surface area (Å²) >= 11 is 3.57. The summed E-state index contributed by atoms with van der Waals surface area (Å²) in [5.74, 6) is -0.274. The van der Waals surface area contributed by atoms with Gasteiger partial charge in [0.05, 0.1) is 23.7 Å². The Hall–Kier alpha value is -2.58. The molecule has 1 fully saturated rings. The van der Waals surface area contributed by atoms with Crippen LogP contribution in [0.5, 0.6) is 0 Å². The van der Waals surface area contributed by atoms with E-state index in [9.17, 15) is 9.18 Å². The van der Waals surface area contributed by atoms with E-state index in [0.29, 0.717) is 32.5 Å². The molecular formula is C27H31BrFN3O3. The molecule has 0 saturated carbocycles. The first kappa shape index (κ1) is 25.5. The van der Waals surface area contributed by atoms with Gasteiger partial charge in [0.2, 0.25) is 0 Å². The van der Waals surface area contributed by atoms with Gasteiger partial charge in [0, 0.05) is 40.9 Å². The quantitative estimate of drug-likeness (QED) is 0.363. The Labute approximate surface area is 214 Å².